The highest BCUT2D eigenvalue weighted by atomic mass is 15.2. The molecule has 0 aromatic heterocycles. The van der Waals surface area contributed by atoms with Gasteiger partial charge in [0, 0.05) is 24.3 Å². The van der Waals surface area contributed by atoms with Gasteiger partial charge in [0.2, 0.25) is 0 Å². The van der Waals surface area contributed by atoms with Gasteiger partial charge in [0.05, 0.1) is 0 Å². The van der Waals surface area contributed by atoms with E-state index in [0.29, 0.717) is 0 Å². The SMILES string of the molecule is c1ccc(N2CCCC3NCCC32)cc1. The molecular weight excluding hydrogens is 184 g/mol. The van der Waals surface area contributed by atoms with E-state index in [2.05, 4.69) is 40.5 Å². The lowest BCUT2D eigenvalue weighted by atomic mass is 9.97. The van der Waals surface area contributed by atoms with Gasteiger partial charge in [-0.05, 0) is 37.9 Å². The molecule has 2 fully saturated rings. The fourth-order valence-electron chi connectivity index (χ4n) is 3.01. The molecule has 0 bridgehead atoms. The van der Waals surface area contributed by atoms with Crippen molar-refractivity contribution in [2.75, 3.05) is 18.0 Å². The van der Waals surface area contributed by atoms with Crippen molar-refractivity contribution in [3.05, 3.63) is 30.3 Å². The van der Waals surface area contributed by atoms with Crippen molar-refractivity contribution in [2.24, 2.45) is 0 Å². The maximum atomic E-state index is 3.62. The number of fused-ring (bicyclic) bond motifs is 1. The van der Waals surface area contributed by atoms with Crippen molar-refractivity contribution >= 4 is 5.69 Å². The molecule has 2 aliphatic heterocycles. The van der Waals surface area contributed by atoms with Crippen LogP contribution in [0.3, 0.4) is 0 Å². The molecule has 1 N–H and O–H groups in total. The highest BCUT2D eigenvalue weighted by molar-refractivity contribution is 5.48. The predicted octanol–water partition coefficient (Wildman–Crippen LogP) is 2.02. The summed E-state index contributed by atoms with van der Waals surface area (Å²) in [6.45, 7) is 2.42. The van der Waals surface area contributed by atoms with E-state index in [0.717, 1.165) is 12.1 Å². The molecule has 3 rings (SSSR count). The van der Waals surface area contributed by atoms with Crippen molar-refractivity contribution in [3.8, 4) is 0 Å². The second kappa shape index (κ2) is 3.86. The minimum absolute atomic E-state index is 0.735. The molecule has 15 heavy (non-hydrogen) atoms. The Morgan fingerprint density at radius 2 is 2.00 bits per heavy atom. The topological polar surface area (TPSA) is 15.3 Å². The Morgan fingerprint density at radius 3 is 2.87 bits per heavy atom. The van der Waals surface area contributed by atoms with Crippen molar-refractivity contribution in [2.45, 2.75) is 31.3 Å². The number of hydrogen-bond acceptors (Lipinski definition) is 2. The lowest BCUT2D eigenvalue weighted by Gasteiger charge is -2.39. The number of para-hydroxylation sites is 1. The summed E-state index contributed by atoms with van der Waals surface area (Å²) in [5, 5.41) is 3.62. The van der Waals surface area contributed by atoms with E-state index in [4.69, 9.17) is 0 Å². The number of hydrogen-bond donors (Lipinski definition) is 1. The van der Waals surface area contributed by atoms with Crippen molar-refractivity contribution in [1.82, 2.24) is 5.32 Å². The third-order valence-corrected chi connectivity index (χ3v) is 3.71. The largest absolute Gasteiger partial charge is 0.367 e. The van der Waals surface area contributed by atoms with Gasteiger partial charge < -0.3 is 10.2 Å². The summed E-state index contributed by atoms with van der Waals surface area (Å²) in [7, 11) is 0. The van der Waals surface area contributed by atoms with E-state index in [1.165, 1.54) is 38.0 Å². The number of benzene rings is 1. The second-order valence-corrected chi connectivity index (χ2v) is 4.59. The number of rotatable bonds is 1. The molecule has 80 valence electrons. The Hall–Kier alpha value is -1.02. The fraction of sp³-hybridized carbons (Fsp3) is 0.538. The van der Waals surface area contributed by atoms with Gasteiger partial charge in [0.15, 0.2) is 0 Å². The standard InChI is InChI=1S/C13H18N2/c1-2-5-11(6-3-1)15-10-4-7-12-13(15)8-9-14-12/h1-3,5-6,12-14H,4,7-10H2. The molecule has 2 nitrogen and oxygen atoms in total. The van der Waals surface area contributed by atoms with Gasteiger partial charge >= 0.3 is 0 Å². The summed E-state index contributed by atoms with van der Waals surface area (Å²) in [4.78, 5) is 2.59. The number of anilines is 1. The second-order valence-electron chi connectivity index (χ2n) is 4.59. The maximum Gasteiger partial charge on any atom is 0.0455 e. The molecule has 2 saturated heterocycles. The van der Waals surface area contributed by atoms with Crippen LogP contribution in [0, 0.1) is 0 Å². The Bertz CT molecular complexity index is 323. The molecule has 2 unspecified atom stereocenters. The van der Waals surface area contributed by atoms with Gasteiger partial charge in [-0.1, -0.05) is 18.2 Å². The van der Waals surface area contributed by atoms with Gasteiger partial charge in [0.25, 0.3) is 0 Å². The Morgan fingerprint density at radius 1 is 1.13 bits per heavy atom. The third-order valence-electron chi connectivity index (χ3n) is 3.71. The number of piperidine rings is 1. The minimum Gasteiger partial charge on any atom is -0.367 e. The zero-order valence-electron chi connectivity index (χ0n) is 9.02. The average Bonchev–Trinajstić information content (AvgIpc) is 2.78. The molecule has 0 aliphatic carbocycles. The molecule has 1 aromatic rings. The van der Waals surface area contributed by atoms with Crippen molar-refractivity contribution < 1.29 is 0 Å². The maximum absolute atomic E-state index is 3.62. The van der Waals surface area contributed by atoms with Crippen LogP contribution in [0.15, 0.2) is 30.3 Å². The minimum atomic E-state index is 0.735. The zero-order chi connectivity index (χ0) is 10.1. The molecule has 0 saturated carbocycles. The van der Waals surface area contributed by atoms with Crippen molar-refractivity contribution in [3.63, 3.8) is 0 Å². The Kier molecular flexibility index (Phi) is 2.37. The average molecular weight is 202 g/mol. The van der Waals surface area contributed by atoms with Crippen LogP contribution in [0.25, 0.3) is 0 Å². The van der Waals surface area contributed by atoms with Gasteiger partial charge in [-0.25, -0.2) is 0 Å². The van der Waals surface area contributed by atoms with E-state index >= 15 is 0 Å². The zero-order valence-corrected chi connectivity index (χ0v) is 9.02. The molecule has 0 radical (unpaired) electrons. The van der Waals surface area contributed by atoms with E-state index < -0.39 is 0 Å². The fourth-order valence-corrected chi connectivity index (χ4v) is 3.01. The quantitative estimate of drug-likeness (QED) is 0.749. The number of nitrogens with one attached hydrogen (secondary N) is 1. The smallest absolute Gasteiger partial charge is 0.0455 e. The van der Waals surface area contributed by atoms with E-state index in [1.54, 1.807) is 0 Å². The van der Waals surface area contributed by atoms with E-state index in [1.807, 2.05) is 0 Å². The lowest BCUT2D eigenvalue weighted by Crippen LogP contribution is -2.48. The molecule has 0 amide bonds. The summed E-state index contributed by atoms with van der Waals surface area (Å²) in [6.07, 6.45) is 3.98. The highest BCUT2D eigenvalue weighted by Gasteiger charge is 2.34. The van der Waals surface area contributed by atoms with Crippen LogP contribution in [0.2, 0.25) is 0 Å². The summed E-state index contributed by atoms with van der Waals surface area (Å²) in [6, 6.07) is 12.3. The van der Waals surface area contributed by atoms with Gasteiger partial charge in [0.1, 0.15) is 0 Å². The number of nitrogens with zero attached hydrogens (tertiary/aromatic N) is 1. The van der Waals surface area contributed by atoms with Crippen LogP contribution in [0.5, 0.6) is 0 Å². The van der Waals surface area contributed by atoms with E-state index in [-0.39, 0.29) is 0 Å². The first-order chi connectivity index (χ1) is 7.45. The first kappa shape index (κ1) is 9.22. The summed E-state index contributed by atoms with van der Waals surface area (Å²) < 4.78 is 0. The Balaban J connectivity index is 1.85. The Labute approximate surface area is 91.3 Å². The summed E-state index contributed by atoms with van der Waals surface area (Å²) in [5.41, 5.74) is 1.40. The van der Waals surface area contributed by atoms with Gasteiger partial charge in [-0.3, -0.25) is 0 Å². The molecule has 2 aliphatic rings. The van der Waals surface area contributed by atoms with Crippen LogP contribution in [0.1, 0.15) is 19.3 Å². The van der Waals surface area contributed by atoms with Gasteiger partial charge in [-0.2, -0.15) is 0 Å². The van der Waals surface area contributed by atoms with E-state index in [9.17, 15) is 0 Å². The van der Waals surface area contributed by atoms with Crippen LogP contribution < -0.4 is 10.2 Å². The highest BCUT2D eigenvalue weighted by Crippen LogP contribution is 2.28. The monoisotopic (exact) mass is 202 g/mol. The summed E-state index contributed by atoms with van der Waals surface area (Å²) >= 11 is 0. The molecule has 0 spiro atoms. The summed E-state index contributed by atoms with van der Waals surface area (Å²) in [5.74, 6) is 0. The van der Waals surface area contributed by atoms with Crippen LogP contribution in [-0.4, -0.2) is 25.2 Å². The first-order valence-corrected chi connectivity index (χ1v) is 6.00. The van der Waals surface area contributed by atoms with Crippen molar-refractivity contribution in [1.29, 1.82) is 0 Å². The predicted molar refractivity (Wildman–Crippen MR) is 63.2 cm³/mol. The third kappa shape index (κ3) is 1.63. The lowest BCUT2D eigenvalue weighted by molar-refractivity contribution is 0.412. The molecular formula is C13H18N2. The molecule has 2 atom stereocenters. The molecule has 2 heteroatoms. The normalized spacial score (nSPS) is 30.3. The van der Waals surface area contributed by atoms with Crippen LogP contribution in [-0.2, 0) is 0 Å². The molecule has 1 aromatic carbocycles. The van der Waals surface area contributed by atoms with Crippen LogP contribution >= 0.6 is 0 Å². The first-order valence-electron chi connectivity index (χ1n) is 6.00. The van der Waals surface area contributed by atoms with Gasteiger partial charge in [-0.15, -0.1) is 0 Å². The molecule has 2 heterocycles. The van der Waals surface area contributed by atoms with Crippen LogP contribution in [0.4, 0.5) is 5.69 Å².